The summed E-state index contributed by atoms with van der Waals surface area (Å²) in [6.07, 6.45) is 3.20. The van der Waals surface area contributed by atoms with Crippen molar-refractivity contribution >= 4 is 45.8 Å². The third kappa shape index (κ3) is 4.18. The monoisotopic (exact) mass is 503 g/mol. The molecule has 0 aliphatic carbocycles. The van der Waals surface area contributed by atoms with E-state index in [2.05, 4.69) is 30.3 Å². The summed E-state index contributed by atoms with van der Waals surface area (Å²) in [6, 6.07) is 3.54. The van der Waals surface area contributed by atoms with Gasteiger partial charge >= 0.3 is 0 Å². The van der Waals surface area contributed by atoms with Gasteiger partial charge in [-0.1, -0.05) is 23.2 Å². The largest absolute Gasteiger partial charge is 0.495 e. The molecule has 12 heteroatoms. The molecule has 4 heterocycles. The Hall–Kier alpha value is -2.92. The van der Waals surface area contributed by atoms with Gasteiger partial charge in [-0.25, -0.2) is 9.97 Å². The summed E-state index contributed by atoms with van der Waals surface area (Å²) in [5, 5.41) is 9.13. The summed E-state index contributed by atoms with van der Waals surface area (Å²) < 4.78 is 17.9. The van der Waals surface area contributed by atoms with Gasteiger partial charge in [0.1, 0.15) is 17.8 Å². The molecule has 1 fully saturated rings. The average Bonchev–Trinajstić information content (AvgIpc) is 3.36. The second-order valence-corrected chi connectivity index (χ2v) is 8.45. The first-order valence-electron chi connectivity index (χ1n) is 10.7. The van der Waals surface area contributed by atoms with Crippen LogP contribution in [-0.4, -0.2) is 83.1 Å². The molecule has 1 aromatic carbocycles. The summed E-state index contributed by atoms with van der Waals surface area (Å²) in [4.78, 5) is 16.0. The van der Waals surface area contributed by atoms with Gasteiger partial charge in [0, 0.05) is 55.0 Å². The molecule has 1 N–H and O–H groups in total. The van der Waals surface area contributed by atoms with Crippen molar-refractivity contribution in [2.45, 2.75) is 0 Å². The van der Waals surface area contributed by atoms with E-state index in [1.54, 1.807) is 16.8 Å². The standard InChI is InChI=1S/C22H23Cl2N7O3/c1-32-15-10-16(33-2)19(24)17(18(15)23)14-9-13-11-26-22(25-3-4-30-5-7-34-8-6-30)29-20(13)31-21(14)27-12-28-31/h9-12H,3-8H2,1-2H3,(H,25,26,29). The van der Waals surface area contributed by atoms with Crippen molar-refractivity contribution < 1.29 is 14.2 Å². The molecule has 34 heavy (non-hydrogen) atoms. The predicted octanol–water partition coefficient (Wildman–Crippen LogP) is 3.41. The molecule has 1 aliphatic rings. The van der Waals surface area contributed by atoms with Gasteiger partial charge in [-0.05, 0) is 6.07 Å². The van der Waals surface area contributed by atoms with Gasteiger partial charge in [0.25, 0.3) is 0 Å². The van der Waals surface area contributed by atoms with Crippen molar-refractivity contribution in [2.75, 3.05) is 58.9 Å². The Morgan fingerprint density at radius 3 is 2.47 bits per heavy atom. The van der Waals surface area contributed by atoms with Crippen LogP contribution in [0.25, 0.3) is 27.8 Å². The molecule has 0 bridgehead atoms. The van der Waals surface area contributed by atoms with Gasteiger partial charge in [-0.3, -0.25) is 4.90 Å². The Morgan fingerprint density at radius 2 is 1.76 bits per heavy atom. The number of ether oxygens (including phenoxy) is 3. The highest BCUT2D eigenvalue weighted by atomic mass is 35.5. The van der Waals surface area contributed by atoms with Gasteiger partial charge in [0.05, 0.1) is 37.5 Å². The maximum Gasteiger partial charge on any atom is 0.224 e. The fourth-order valence-corrected chi connectivity index (χ4v) is 4.70. The third-order valence-corrected chi connectivity index (χ3v) is 6.49. The highest BCUT2D eigenvalue weighted by Gasteiger charge is 2.23. The smallest absolute Gasteiger partial charge is 0.224 e. The fraction of sp³-hybridized carbons (Fsp3) is 0.364. The van der Waals surface area contributed by atoms with E-state index in [0.717, 1.165) is 44.8 Å². The Kier molecular flexibility index (Phi) is 6.55. The maximum atomic E-state index is 6.67. The molecule has 0 radical (unpaired) electrons. The van der Waals surface area contributed by atoms with Crippen molar-refractivity contribution in [1.82, 2.24) is 29.5 Å². The Balaban J connectivity index is 1.53. The predicted molar refractivity (Wildman–Crippen MR) is 130 cm³/mol. The number of halogens is 2. The molecule has 1 aliphatic heterocycles. The molecule has 0 atom stereocenters. The molecular weight excluding hydrogens is 481 g/mol. The summed E-state index contributed by atoms with van der Waals surface area (Å²) in [7, 11) is 3.07. The minimum absolute atomic E-state index is 0.347. The molecule has 10 nitrogen and oxygen atoms in total. The lowest BCUT2D eigenvalue weighted by atomic mass is 10.0. The zero-order valence-electron chi connectivity index (χ0n) is 18.7. The number of pyridine rings is 1. The van der Waals surface area contributed by atoms with E-state index in [4.69, 9.17) is 37.4 Å². The highest BCUT2D eigenvalue weighted by molar-refractivity contribution is 6.41. The van der Waals surface area contributed by atoms with Crippen LogP contribution in [-0.2, 0) is 4.74 Å². The number of aromatic nitrogens is 5. The van der Waals surface area contributed by atoms with Crippen LogP contribution in [0.4, 0.5) is 5.95 Å². The fourth-order valence-electron chi connectivity index (χ4n) is 4.00. The SMILES string of the molecule is COc1cc(OC)c(Cl)c(-c2cc3cnc(NCCN4CCOCC4)nc3n3ncnc23)c1Cl. The molecule has 0 saturated carbocycles. The van der Waals surface area contributed by atoms with Crippen molar-refractivity contribution in [2.24, 2.45) is 0 Å². The van der Waals surface area contributed by atoms with E-state index in [0.29, 0.717) is 49.9 Å². The number of hydrogen-bond donors (Lipinski definition) is 1. The summed E-state index contributed by atoms with van der Waals surface area (Å²) in [5.74, 6) is 1.39. The Labute approximate surface area is 205 Å². The van der Waals surface area contributed by atoms with E-state index < -0.39 is 0 Å². The molecule has 3 aromatic heterocycles. The summed E-state index contributed by atoms with van der Waals surface area (Å²) in [6.45, 7) is 5.01. The van der Waals surface area contributed by atoms with Crippen molar-refractivity contribution in [3.63, 3.8) is 0 Å². The van der Waals surface area contributed by atoms with E-state index >= 15 is 0 Å². The molecule has 0 amide bonds. The lowest BCUT2D eigenvalue weighted by Crippen LogP contribution is -2.39. The number of fused-ring (bicyclic) bond motifs is 3. The third-order valence-electron chi connectivity index (χ3n) is 5.74. The van der Waals surface area contributed by atoms with Crippen molar-refractivity contribution in [3.8, 4) is 22.6 Å². The zero-order valence-corrected chi connectivity index (χ0v) is 20.2. The lowest BCUT2D eigenvalue weighted by Gasteiger charge is -2.26. The van der Waals surface area contributed by atoms with Crippen LogP contribution in [0, 0.1) is 0 Å². The van der Waals surface area contributed by atoms with Crippen molar-refractivity contribution in [1.29, 1.82) is 0 Å². The molecule has 5 rings (SSSR count). The van der Waals surface area contributed by atoms with Gasteiger partial charge in [0.2, 0.25) is 5.95 Å². The second kappa shape index (κ2) is 9.75. The number of hydrogen-bond acceptors (Lipinski definition) is 9. The molecule has 0 unspecified atom stereocenters. The summed E-state index contributed by atoms with van der Waals surface area (Å²) >= 11 is 13.3. The van der Waals surface area contributed by atoms with Crippen LogP contribution >= 0.6 is 23.2 Å². The molecule has 178 valence electrons. The van der Waals surface area contributed by atoms with E-state index in [-0.39, 0.29) is 0 Å². The number of rotatable bonds is 7. The van der Waals surface area contributed by atoms with Gasteiger partial charge in [-0.2, -0.15) is 14.6 Å². The summed E-state index contributed by atoms with van der Waals surface area (Å²) in [5.41, 5.74) is 2.35. The van der Waals surface area contributed by atoms with Gasteiger partial charge in [0.15, 0.2) is 11.3 Å². The average molecular weight is 504 g/mol. The second-order valence-electron chi connectivity index (χ2n) is 7.69. The Bertz CT molecular complexity index is 1310. The minimum Gasteiger partial charge on any atom is -0.495 e. The van der Waals surface area contributed by atoms with Crippen LogP contribution < -0.4 is 14.8 Å². The van der Waals surface area contributed by atoms with Gasteiger partial charge < -0.3 is 19.5 Å². The highest BCUT2D eigenvalue weighted by Crippen LogP contribution is 2.47. The first-order chi connectivity index (χ1) is 16.6. The topological polar surface area (TPSA) is 98.9 Å². The van der Waals surface area contributed by atoms with Crippen LogP contribution in [0.15, 0.2) is 24.7 Å². The number of nitrogens with one attached hydrogen (secondary N) is 1. The first-order valence-corrected chi connectivity index (χ1v) is 11.5. The minimum atomic E-state index is 0.347. The molecule has 4 aromatic rings. The van der Waals surface area contributed by atoms with Crippen LogP contribution in [0.5, 0.6) is 11.5 Å². The maximum absolute atomic E-state index is 6.67. The molecule has 0 spiro atoms. The number of nitrogens with zero attached hydrogens (tertiary/aromatic N) is 6. The number of anilines is 1. The van der Waals surface area contributed by atoms with Crippen LogP contribution in [0.3, 0.4) is 0 Å². The van der Waals surface area contributed by atoms with E-state index in [1.165, 1.54) is 20.5 Å². The molecule has 1 saturated heterocycles. The van der Waals surface area contributed by atoms with E-state index in [9.17, 15) is 0 Å². The van der Waals surface area contributed by atoms with E-state index in [1.807, 2.05) is 6.07 Å². The number of morpholine rings is 1. The normalized spacial score (nSPS) is 14.6. The van der Waals surface area contributed by atoms with Gasteiger partial charge in [-0.15, -0.1) is 0 Å². The lowest BCUT2D eigenvalue weighted by molar-refractivity contribution is 0.0398. The quantitative estimate of drug-likeness (QED) is 0.406. The van der Waals surface area contributed by atoms with Crippen LogP contribution in [0.1, 0.15) is 0 Å². The van der Waals surface area contributed by atoms with Crippen LogP contribution in [0.2, 0.25) is 10.0 Å². The number of methoxy groups -OCH3 is 2. The van der Waals surface area contributed by atoms with Crippen molar-refractivity contribution in [3.05, 3.63) is 34.7 Å². The Morgan fingerprint density at radius 1 is 1.03 bits per heavy atom. The first kappa shape index (κ1) is 22.9. The zero-order chi connectivity index (χ0) is 23.7. The number of benzene rings is 1. The molecular formula is C22H23Cl2N7O3.